The molecule has 5 aromatic rings. The predicted octanol–water partition coefficient (Wildman–Crippen LogP) is 7.94. The lowest BCUT2D eigenvalue weighted by Crippen LogP contribution is -2.58. The number of aromatic carboxylic acids is 1. The molecule has 6 aliphatic rings. The first kappa shape index (κ1) is 35.0. The van der Waals surface area contributed by atoms with Crippen LogP contribution in [-0.2, 0) is 17.7 Å². The summed E-state index contributed by atoms with van der Waals surface area (Å²) in [4.78, 5) is 26.9. The molecule has 11 rings (SSSR count). The van der Waals surface area contributed by atoms with Crippen LogP contribution in [0.5, 0.6) is 0 Å². The first-order chi connectivity index (χ1) is 26.7. The minimum atomic E-state index is -1.06. The molecule has 13 heteroatoms. The maximum absolute atomic E-state index is 12.9. The van der Waals surface area contributed by atoms with Crippen LogP contribution in [0.25, 0.3) is 21.3 Å². The topological polar surface area (TPSA) is 134 Å². The van der Waals surface area contributed by atoms with E-state index in [9.17, 15) is 9.90 Å². The molecule has 2 N–H and O–H groups in total. The van der Waals surface area contributed by atoms with Crippen molar-refractivity contribution in [1.29, 1.82) is 0 Å². The van der Waals surface area contributed by atoms with Crippen molar-refractivity contribution in [3.05, 3.63) is 65.1 Å². The van der Waals surface area contributed by atoms with Crippen molar-refractivity contribution >= 4 is 50.1 Å². The lowest BCUT2D eigenvalue weighted by molar-refractivity contribution is -0.197. The van der Waals surface area contributed by atoms with E-state index in [-0.39, 0.29) is 16.7 Å². The molecule has 2 aliphatic heterocycles. The average molecular weight is 760 g/mol. The summed E-state index contributed by atoms with van der Waals surface area (Å²) in [7, 11) is 0. The Bertz CT molecular complexity index is 2230. The molecule has 0 radical (unpaired) electrons. The number of likely N-dealkylation sites (tertiary alicyclic amines) is 1. The second-order valence-corrected chi connectivity index (χ2v) is 18.1. The highest BCUT2D eigenvalue weighted by atomic mass is 32.1. The molecule has 4 aromatic heterocycles. The van der Waals surface area contributed by atoms with Crippen molar-refractivity contribution in [2.75, 3.05) is 43.0 Å². The zero-order valence-corrected chi connectivity index (χ0v) is 32.6. The fourth-order valence-corrected chi connectivity index (χ4v) is 12.1. The van der Waals surface area contributed by atoms with Crippen molar-refractivity contribution in [3.63, 3.8) is 0 Å². The van der Waals surface area contributed by atoms with E-state index in [0.717, 1.165) is 76.7 Å². The fourth-order valence-electron chi connectivity index (χ4n) is 11.2. The van der Waals surface area contributed by atoms with Crippen LogP contribution in [0.3, 0.4) is 0 Å². The van der Waals surface area contributed by atoms with Crippen LogP contribution >= 0.6 is 11.3 Å². The molecule has 0 amide bonds. The molecule has 2 unspecified atom stereocenters. The van der Waals surface area contributed by atoms with E-state index in [2.05, 4.69) is 45.0 Å². The average Bonchev–Trinajstić information content (AvgIpc) is 3.92. The summed E-state index contributed by atoms with van der Waals surface area (Å²) < 4.78 is 10.1. The second-order valence-electron chi connectivity index (χ2n) is 17.1. The molecule has 4 saturated carbocycles. The SMILES string of the molecule is Cc1c(Nc2nc3ccccc3s2)nnc2c1CCCN2c1ccc(-c2cnn(CC34CC5CC(C3)CC(OCCN3CCCC3)(C5)C4)c2C)c(C(=O)O)n1. The van der Waals surface area contributed by atoms with Gasteiger partial charge in [-0.2, -0.15) is 5.10 Å². The van der Waals surface area contributed by atoms with Crippen LogP contribution in [0.4, 0.5) is 22.6 Å². The molecule has 286 valence electrons. The number of nitrogens with zero attached hydrogens (tertiary/aromatic N) is 8. The maximum Gasteiger partial charge on any atom is 0.355 e. The molecule has 12 nitrogen and oxygen atoms in total. The zero-order chi connectivity index (χ0) is 37.3. The van der Waals surface area contributed by atoms with Gasteiger partial charge in [-0.05, 0) is 133 Å². The largest absolute Gasteiger partial charge is 0.476 e. The molecule has 2 atom stereocenters. The minimum Gasteiger partial charge on any atom is -0.476 e. The van der Waals surface area contributed by atoms with E-state index < -0.39 is 5.97 Å². The van der Waals surface area contributed by atoms with Crippen molar-refractivity contribution in [2.45, 2.75) is 90.2 Å². The number of hydrogen-bond acceptors (Lipinski definition) is 11. The second kappa shape index (κ2) is 13.6. The van der Waals surface area contributed by atoms with E-state index in [1.165, 1.54) is 58.0 Å². The third kappa shape index (κ3) is 6.37. The Morgan fingerprint density at radius 1 is 0.982 bits per heavy atom. The van der Waals surface area contributed by atoms with Gasteiger partial charge in [-0.1, -0.05) is 23.5 Å². The van der Waals surface area contributed by atoms with Crippen molar-refractivity contribution < 1.29 is 14.6 Å². The van der Waals surface area contributed by atoms with Gasteiger partial charge in [0, 0.05) is 47.6 Å². The van der Waals surface area contributed by atoms with Gasteiger partial charge in [-0.15, -0.1) is 10.2 Å². The summed E-state index contributed by atoms with van der Waals surface area (Å²) in [5, 5.41) is 28.9. The molecule has 6 heterocycles. The number of para-hydroxylation sites is 1. The van der Waals surface area contributed by atoms with Crippen molar-refractivity contribution in [3.8, 4) is 11.1 Å². The molecule has 1 saturated heterocycles. The van der Waals surface area contributed by atoms with E-state index in [0.29, 0.717) is 41.4 Å². The summed E-state index contributed by atoms with van der Waals surface area (Å²) in [5.41, 5.74) is 5.59. The molecular formula is C42H49N9O3S. The van der Waals surface area contributed by atoms with Crippen LogP contribution in [0, 0.1) is 31.1 Å². The Morgan fingerprint density at radius 2 is 1.80 bits per heavy atom. The van der Waals surface area contributed by atoms with E-state index >= 15 is 0 Å². The smallest absolute Gasteiger partial charge is 0.355 e. The highest BCUT2D eigenvalue weighted by Gasteiger charge is 2.58. The minimum absolute atomic E-state index is 0.00556. The van der Waals surface area contributed by atoms with Gasteiger partial charge in [-0.25, -0.2) is 14.8 Å². The number of nitrogens with one attached hydrogen (secondary N) is 1. The standard InChI is InChI=1S/C42H49N9O3S/c1-26-30-8-7-15-50(38(30)48-47-37(26)46-40-44-33-9-3-4-10-34(33)55-40)35-12-11-31(36(45-35)39(52)53)32-23-43-51(27(32)2)25-41-19-28-18-29(20-41)22-42(21-28,24-41)54-17-16-49-13-5-6-14-49/h3-4,9-12,23,28-29H,5-8,13-22,24-25H2,1-2H3,(H,52,53)(H,44,46,47). The van der Waals surface area contributed by atoms with E-state index in [1.54, 1.807) is 11.3 Å². The highest BCUT2D eigenvalue weighted by Crippen LogP contribution is 2.63. The summed E-state index contributed by atoms with van der Waals surface area (Å²) in [6.07, 6.45) is 13.5. The highest BCUT2D eigenvalue weighted by molar-refractivity contribution is 7.22. The van der Waals surface area contributed by atoms with Gasteiger partial charge in [0.1, 0.15) is 5.82 Å². The monoisotopic (exact) mass is 759 g/mol. The summed E-state index contributed by atoms with van der Waals surface area (Å²) >= 11 is 1.58. The number of hydrogen-bond donors (Lipinski definition) is 2. The van der Waals surface area contributed by atoms with Crippen LogP contribution in [0.2, 0.25) is 0 Å². The number of carboxylic acids is 1. The number of thiazole rings is 1. The van der Waals surface area contributed by atoms with Gasteiger partial charge >= 0.3 is 5.97 Å². The molecular weight excluding hydrogens is 711 g/mol. The molecule has 4 bridgehead atoms. The summed E-state index contributed by atoms with van der Waals surface area (Å²) in [6, 6.07) is 11.9. The molecule has 4 aliphatic carbocycles. The van der Waals surface area contributed by atoms with Crippen LogP contribution in [0.15, 0.2) is 42.6 Å². The number of aromatic nitrogens is 6. The maximum atomic E-state index is 12.9. The van der Waals surface area contributed by atoms with Gasteiger partial charge in [-0.3, -0.25) is 4.68 Å². The number of anilines is 4. The summed E-state index contributed by atoms with van der Waals surface area (Å²) in [6.45, 7) is 9.94. The van der Waals surface area contributed by atoms with E-state index in [4.69, 9.17) is 19.8 Å². The number of rotatable bonds is 11. The number of ether oxygens (including phenoxy) is 1. The van der Waals surface area contributed by atoms with Gasteiger partial charge in [0.2, 0.25) is 0 Å². The predicted molar refractivity (Wildman–Crippen MR) is 214 cm³/mol. The summed E-state index contributed by atoms with van der Waals surface area (Å²) in [5.74, 6) is 2.31. The van der Waals surface area contributed by atoms with Crippen LogP contribution in [0.1, 0.15) is 85.1 Å². The first-order valence-corrected chi connectivity index (χ1v) is 21.0. The third-order valence-corrected chi connectivity index (χ3v) is 14.2. The molecule has 0 spiro atoms. The first-order valence-electron chi connectivity index (χ1n) is 20.1. The Kier molecular flexibility index (Phi) is 8.67. The Labute approximate surface area is 325 Å². The Hall–Kier alpha value is -4.46. The van der Waals surface area contributed by atoms with Gasteiger partial charge < -0.3 is 25.0 Å². The van der Waals surface area contributed by atoms with Gasteiger partial charge in [0.15, 0.2) is 22.5 Å². The quantitative estimate of drug-likeness (QED) is 0.136. The van der Waals surface area contributed by atoms with Crippen molar-refractivity contribution in [1.82, 2.24) is 34.8 Å². The number of carbonyl (C=O) groups is 1. The Balaban J connectivity index is 0.889. The molecule has 1 aromatic carbocycles. The normalized spacial score (nSPS) is 25.9. The lowest BCUT2D eigenvalue weighted by atomic mass is 9.48. The van der Waals surface area contributed by atoms with Crippen LogP contribution in [-0.4, -0.2) is 84.3 Å². The Morgan fingerprint density at radius 3 is 2.60 bits per heavy atom. The number of benzene rings is 1. The van der Waals surface area contributed by atoms with Gasteiger partial charge in [0.25, 0.3) is 0 Å². The number of carboxylic acid groups (broad SMARTS) is 1. The molecule has 55 heavy (non-hydrogen) atoms. The van der Waals surface area contributed by atoms with Gasteiger partial charge in [0.05, 0.1) is 28.6 Å². The third-order valence-electron chi connectivity index (χ3n) is 13.3. The van der Waals surface area contributed by atoms with Crippen LogP contribution < -0.4 is 10.2 Å². The number of pyridine rings is 1. The van der Waals surface area contributed by atoms with E-state index in [1.807, 2.05) is 41.4 Å². The lowest BCUT2D eigenvalue weighted by Gasteiger charge is -2.61. The molecule has 5 fully saturated rings. The fraction of sp³-hybridized carbons (Fsp3) is 0.524. The van der Waals surface area contributed by atoms with Crippen molar-refractivity contribution in [2.24, 2.45) is 17.3 Å². The number of fused-ring (bicyclic) bond motifs is 2. The zero-order valence-electron chi connectivity index (χ0n) is 31.8.